The molecule has 1 N–H and O–H groups in total. The molecule has 1 amide bonds. The summed E-state index contributed by atoms with van der Waals surface area (Å²) < 4.78 is 15.2. The molecule has 0 fully saturated rings. The van der Waals surface area contributed by atoms with E-state index in [2.05, 4.69) is 5.32 Å². The Morgan fingerprint density at radius 3 is 2.50 bits per heavy atom. The number of esters is 1. The molecule has 0 spiro atoms. The average Bonchev–Trinajstić information content (AvgIpc) is 3.17. The number of hydrogen-bond acceptors (Lipinski definition) is 8. The van der Waals surface area contributed by atoms with Crippen LogP contribution < -0.4 is 19.7 Å². The number of nitro benzene ring substituents is 1. The minimum atomic E-state index is -0.819. The van der Waals surface area contributed by atoms with Crippen LogP contribution in [-0.4, -0.2) is 44.3 Å². The first-order chi connectivity index (χ1) is 14.3. The third-order valence-corrected chi connectivity index (χ3v) is 4.13. The molecule has 0 unspecified atom stereocenters. The second kappa shape index (κ2) is 8.95. The van der Waals surface area contributed by atoms with E-state index in [-0.39, 0.29) is 23.8 Å². The highest BCUT2D eigenvalue weighted by Gasteiger charge is 2.22. The molecule has 1 aliphatic heterocycles. The summed E-state index contributed by atoms with van der Waals surface area (Å²) in [4.78, 5) is 36.4. The van der Waals surface area contributed by atoms with Crippen molar-refractivity contribution in [1.29, 1.82) is 0 Å². The van der Waals surface area contributed by atoms with Crippen LogP contribution in [0.4, 0.5) is 17.1 Å². The van der Waals surface area contributed by atoms with E-state index in [0.717, 1.165) is 11.8 Å². The predicted octanol–water partition coefficient (Wildman–Crippen LogP) is 2.58. The quantitative estimate of drug-likeness (QED) is 0.318. The second-order valence-corrected chi connectivity index (χ2v) is 6.45. The minimum absolute atomic E-state index is 0.0331. The van der Waals surface area contributed by atoms with Crippen LogP contribution in [-0.2, 0) is 14.3 Å². The van der Waals surface area contributed by atoms with Gasteiger partial charge < -0.3 is 24.4 Å². The number of hydrogen-bond donors (Lipinski definition) is 1. The van der Waals surface area contributed by atoms with Crippen LogP contribution in [0, 0.1) is 10.1 Å². The van der Waals surface area contributed by atoms with E-state index in [4.69, 9.17) is 14.2 Å². The van der Waals surface area contributed by atoms with Crippen LogP contribution in [0.2, 0.25) is 0 Å². The van der Waals surface area contributed by atoms with E-state index in [1.54, 1.807) is 12.1 Å². The van der Waals surface area contributed by atoms with Crippen LogP contribution >= 0.6 is 0 Å². The van der Waals surface area contributed by atoms with Crippen molar-refractivity contribution < 1.29 is 28.7 Å². The van der Waals surface area contributed by atoms with E-state index in [1.165, 1.54) is 18.2 Å². The van der Waals surface area contributed by atoms with Gasteiger partial charge in [0.1, 0.15) is 0 Å². The Hall–Kier alpha value is -4.08. The van der Waals surface area contributed by atoms with E-state index >= 15 is 0 Å². The molecule has 2 aromatic carbocycles. The lowest BCUT2D eigenvalue weighted by atomic mass is 10.1. The first-order valence-electron chi connectivity index (χ1n) is 8.83. The van der Waals surface area contributed by atoms with E-state index in [9.17, 15) is 19.7 Å². The summed E-state index contributed by atoms with van der Waals surface area (Å²) in [7, 11) is 3.80. The largest absolute Gasteiger partial charge is 0.454 e. The van der Waals surface area contributed by atoms with Gasteiger partial charge in [-0.05, 0) is 36.4 Å². The summed E-state index contributed by atoms with van der Waals surface area (Å²) in [5.41, 5.74) is 1.43. The first kappa shape index (κ1) is 20.6. The minimum Gasteiger partial charge on any atom is -0.454 e. The topological polar surface area (TPSA) is 120 Å². The average molecular weight is 413 g/mol. The van der Waals surface area contributed by atoms with E-state index < -0.39 is 23.4 Å². The smallest absolute Gasteiger partial charge is 0.331 e. The van der Waals surface area contributed by atoms with Gasteiger partial charge in [0.05, 0.1) is 16.6 Å². The van der Waals surface area contributed by atoms with Crippen LogP contribution in [0.3, 0.4) is 0 Å². The Labute approximate surface area is 171 Å². The highest BCUT2D eigenvalue weighted by atomic mass is 16.7. The Morgan fingerprint density at radius 1 is 1.20 bits per heavy atom. The molecule has 3 rings (SSSR count). The van der Waals surface area contributed by atoms with Gasteiger partial charge in [0.25, 0.3) is 11.6 Å². The van der Waals surface area contributed by atoms with Crippen molar-refractivity contribution in [3.8, 4) is 11.5 Å². The van der Waals surface area contributed by atoms with Crippen molar-refractivity contribution in [3.63, 3.8) is 0 Å². The summed E-state index contributed by atoms with van der Waals surface area (Å²) in [6.45, 7) is -0.531. The summed E-state index contributed by atoms with van der Waals surface area (Å²) in [5, 5.41) is 13.8. The first-order valence-corrected chi connectivity index (χ1v) is 8.83. The Kier molecular flexibility index (Phi) is 6.16. The van der Waals surface area contributed by atoms with Crippen LogP contribution in [0.15, 0.2) is 42.5 Å². The molecule has 0 saturated heterocycles. The highest BCUT2D eigenvalue weighted by Crippen LogP contribution is 2.38. The van der Waals surface area contributed by atoms with Crippen molar-refractivity contribution in [2.24, 2.45) is 0 Å². The normalized spacial score (nSPS) is 11.9. The van der Waals surface area contributed by atoms with Gasteiger partial charge in [-0.1, -0.05) is 0 Å². The highest BCUT2D eigenvalue weighted by molar-refractivity contribution is 5.95. The van der Waals surface area contributed by atoms with Gasteiger partial charge in [-0.15, -0.1) is 0 Å². The maximum absolute atomic E-state index is 11.9. The Morgan fingerprint density at radius 2 is 1.87 bits per heavy atom. The Balaban J connectivity index is 1.56. The molecule has 2 aromatic rings. The number of ether oxygens (including phenoxy) is 3. The summed E-state index contributed by atoms with van der Waals surface area (Å²) in [6.07, 6.45) is 2.23. The number of carbonyl (C=O) groups is 2. The molecule has 0 bridgehead atoms. The molecule has 10 nitrogen and oxygen atoms in total. The lowest BCUT2D eigenvalue weighted by Gasteiger charge is -2.13. The maximum Gasteiger partial charge on any atom is 0.331 e. The third-order valence-electron chi connectivity index (χ3n) is 4.13. The fourth-order valence-electron chi connectivity index (χ4n) is 2.62. The molecule has 10 heteroatoms. The fourth-order valence-corrected chi connectivity index (χ4v) is 2.62. The molecule has 1 heterocycles. The van der Waals surface area contributed by atoms with Crippen LogP contribution in [0.1, 0.15) is 5.56 Å². The second-order valence-electron chi connectivity index (χ2n) is 6.45. The molecular weight excluding hydrogens is 394 g/mol. The number of nitro groups is 1. The SMILES string of the molecule is CN(C)c1ccc(NC(=O)COC(=O)/C=C/c2cc3c(cc2[N+](=O)[O-])OCO3)cc1. The number of amides is 1. The molecule has 0 aliphatic carbocycles. The zero-order valence-electron chi connectivity index (χ0n) is 16.3. The molecule has 0 saturated carbocycles. The van der Waals surface area contributed by atoms with Gasteiger partial charge in [-0.3, -0.25) is 14.9 Å². The lowest BCUT2D eigenvalue weighted by Crippen LogP contribution is -2.20. The molecule has 156 valence electrons. The third kappa shape index (κ3) is 5.04. The van der Waals surface area contributed by atoms with Crippen LogP contribution in [0.5, 0.6) is 11.5 Å². The molecule has 1 aliphatic rings. The summed E-state index contributed by atoms with van der Waals surface area (Å²) >= 11 is 0. The van der Waals surface area contributed by atoms with E-state index in [1.807, 2.05) is 31.1 Å². The molecular formula is C20H19N3O7. The molecule has 0 atom stereocenters. The zero-order valence-corrected chi connectivity index (χ0v) is 16.3. The summed E-state index contributed by atoms with van der Waals surface area (Å²) in [5.74, 6) is -0.728. The number of nitrogens with one attached hydrogen (secondary N) is 1. The number of anilines is 2. The molecule has 0 aromatic heterocycles. The van der Waals surface area contributed by atoms with Gasteiger partial charge >= 0.3 is 5.97 Å². The number of nitrogens with zero attached hydrogens (tertiary/aromatic N) is 2. The number of benzene rings is 2. The number of fused-ring (bicyclic) bond motifs is 1. The zero-order chi connectivity index (χ0) is 21.7. The monoisotopic (exact) mass is 413 g/mol. The van der Waals surface area contributed by atoms with Crippen molar-refractivity contribution in [3.05, 3.63) is 58.2 Å². The van der Waals surface area contributed by atoms with Gasteiger partial charge in [-0.25, -0.2) is 4.79 Å². The van der Waals surface area contributed by atoms with Crippen LogP contribution in [0.25, 0.3) is 6.08 Å². The van der Waals surface area contributed by atoms with Gasteiger partial charge in [0.2, 0.25) is 6.79 Å². The van der Waals surface area contributed by atoms with Crippen molar-refractivity contribution in [1.82, 2.24) is 0 Å². The lowest BCUT2D eigenvalue weighted by molar-refractivity contribution is -0.385. The van der Waals surface area contributed by atoms with Gasteiger partial charge in [0.15, 0.2) is 18.1 Å². The summed E-state index contributed by atoms with van der Waals surface area (Å²) in [6, 6.07) is 9.75. The number of rotatable bonds is 7. The van der Waals surface area contributed by atoms with Crippen molar-refractivity contribution >= 4 is 35.0 Å². The van der Waals surface area contributed by atoms with Gasteiger partial charge in [0, 0.05) is 31.5 Å². The Bertz CT molecular complexity index is 1000. The van der Waals surface area contributed by atoms with Gasteiger partial charge in [-0.2, -0.15) is 0 Å². The van der Waals surface area contributed by atoms with Crippen molar-refractivity contribution in [2.75, 3.05) is 37.7 Å². The van der Waals surface area contributed by atoms with E-state index in [0.29, 0.717) is 11.4 Å². The number of carbonyl (C=O) groups excluding carboxylic acids is 2. The standard InChI is InChI=1S/C20H19N3O7/c1-22(2)15-6-4-14(5-7-15)21-19(24)11-28-20(25)8-3-13-9-17-18(30-12-29-17)10-16(13)23(26)27/h3-10H,11-12H2,1-2H3,(H,21,24)/b8-3+. The molecule has 0 radical (unpaired) electrons. The fraction of sp³-hybridized carbons (Fsp3) is 0.200. The van der Waals surface area contributed by atoms with Crippen molar-refractivity contribution in [2.45, 2.75) is 0 Å². The predicted molar refractivity (Wildman–Crippen MR) is 109 cm³/mol. The molecule has 30 heavy (non-hydrogen) atoms. The maximum atomic E-state index is 11.9.